The molecule has 0 spiro atoms. The van der Waals surface area contributed by atoms with Crippen LogP contribution in [0.2, 0.25) is 0 Å². The van der Waals surface area contributed by atoms with Crippen LogP contribution in [0.15, 0.2) is 17.6 Å². The molecule has 0 unspecified atom stereocenters. The molecule has 0 atom stereocenters. The molecule has 0 saturated carbocycles. The van der Waals surface area contributed by atoms with Crippen LogP contribution >= 0.6 is 0 Å². The summed E-state index contributed by atoms with van der Waals surface area (Å²) < 4.78 is 31.5. The fourth-order valence-corrected chi connectivity index (χ4v) is 2.66. The minimum absolute atomic E-state index is 0.106. The Kier molecular flexibility index (Phi) is 6.73. The standard InChI is InChI=1S/C13H18N8O5S/c1-4-25-10(22)6-26-20-12(18-11-16-8(2)5-9(3)17-11)21-27(23,24)13-14-7-15-19-13/h5,7H,4,6H2,1-3H3,(H,14,15,19)(H2,16,17,18,20,21)/p+1. The number of guanidine groups is 1. The molecule has 0 aromatic carbocycles. The Morgan fingerprint density at radius 1 is 1.30 bits per heavy atom. The summed E-state index contributed by atoms with van der Waals surface area (Å²) in [6, 6.07) is 1.74. The van der Waals surface area contributed by atoms with E-state index < -0.39 is 27.8 Å². The summed E-state index contributed by atoms with van der Waals surface area (Å²) in [4.78, 5) is 28.1. The normalized spacial score (nSPS) is 11.9. The van der Waals surface area contributed by atoms with Gasteiger partial charge in [0.05, 0.1) is 6.61 Å². The van der Waals surface area contributed by atoms with Crippen molar-refractivity contribution in [2.75, 3.05) is 18.5 Å². The van der Waals surface area contributed by atoms with Gasteiger partial charge in [0, 0.05) is 11.4 Å². The minimum Gasteiger partial charge on any atom is -0.464 e. The van der Waals surface area contributed by atoms with Crippen LogP contribution in [0.3, 0.4) is 0 Å². The molecule has 14 heteroatoms. The zero-order chi connectivity index (χ0) is 19.9. The van der Waals surface area contributed by atoms with Gasteiger partial charge in [0.1, 0.15) is 6.33 Å². The molecule has 2 aromatic rings. The van der Waals surface area contributed by atoms with E-state index in [0.29, 0.717) is 11.4 Å². The van der Waals surface area contributed by atoms with Crippen molar-refractivity contribution in [3.63, 3.8) is 0 Å². The SMILES string of the molecule is CCOC(=O)CONC(Nc1nc(C)cc(C)n1)=[NH+]S(=O)(=O)c1ncn[nH]1. The van der Waals surface area contributed by atoms with Crippen LogP contribution in [0.25, 0.3) is 0 Å². The molecule has 0 aliphatic rings. The highest BCUT2D eigenvalue weighted by Crippen LogP contribution is 2.02. The molecule has 0 saturated heterocycles. The molecular weight excluding hydrogens is 380 g/mol. The fourth-order valence-electron chi connectivity index (χ4n) is 1.84. The van der Waals surface area contributed by atoms with Crippen molar-refractivity contribution in [3.05, 3.63) is 23.8 Å². The van der Waals surface area contributed by atoms with Gasteiger partial charge >= 0.3 is 22.0 Å². The summed E-state index contributed by atoms with van der Waals surface area (Å²) in [5.41, 5.74) is 3.61. The number of ether oxygens (including phenoxy) is 1. The fraction of sp³-hybridized carbons (Fsp3) is 0.385. The Bertz CT molecular complexity index is 893. The van der Waals surface area contributed by atoms with E-state index in [9.17, 15) is 13.2 Å². The zero-order valence-corrected chi connectivity index (χ0v) is 15.6. The van der Waals surface area contributed by atoms with Crippen LogP contribution in [-0.4, -0.2) is 58.7 Å². The van der Waals surface area contributed by atoms with E-state index in [0.717, 1.165) is 6.33 Å². The number of aromatic amines is 1. The molecule has 0 amide bonds. The lowest BCUT2D eigenvalue weighted by Gasteiger charge is -2.06. The van der Waals surface area contributed by atoms with Crippen molar-refractivity contribution in [1.82, 2.24) is 30.6 Å². The Morgan fingerprint density at radius 3 is 2.59 bits per heavy atom. The highest BCUT2D eigenvalue weighted by molar-refractivity contribution is 7.84. The van der Waals surface area contributed by atoms with Crippen LogP contribution in [0.1, 0.15) is 18.3 Å². The number of nitrogens with one attached hydrogen (secondary N) is 4. The van der Waals surface area contributed by atoms with Crippen molar-refractivity contribution >= 4 is 27.9 Å². The Hall–Kier alpha value is -3.13. The summed E-state index contributed by atoms with van der Waals surface area (Å²) in [7, 11) is -4.11. The second kappa shape index (κ2) is 9.00. The highest BCUT2D eigenvalue weighted by Gasteiger charge is 2.22. The van der Waals surface area contributed by atoms with Crippen LogP contribution in [0, 0.1) is 13.8 Å². The lowest BCUT2D eigenvalue weighted by atomic mass is 10.4. The predicted octanol–water partition coefficient (Wildman–Crippen LogP) is -2.47. The van der Waals surface area contributed by atoms with Crippen molar-refractivity contribution in [1.29, 1.82) is 0 Å². The number of esters is 1. The molecule has 13 nitrogen and oxygen atoms in total. The Labute approximate surface area is 154 Å². The van der Waals surface area contributed by atoms with Gasteiger partial charge in [-0.15, -0.1) is 5.48 Å². The molecular formula is C13H19N8O5S+. The monoisotopic (exact) mass is 399 g/mol. The van der Waals surface area contributed by atoms with Gasteiger partial charge in [-0.05, 0) is 26.8 Å². The lowest BCUT2D eigenvalue weighted by Crippen LogP contribution is -2.81. The van der Waals surface area contributed by atoms with Crippen molar-refractivity contribution in [3.8, 4) is 0 Å². The Morgan fingerprint density at radius 2 is 2.00 bits per heavy atom. The maximum absolute atomic E-state index is 12.3. The first-order valence-electron chi connectivity index (χ1n) is 7.68. The van der Waals surface area contributed by atoms with Crippen molar-refractivity contribution in [2.24, 2.45) is 0 Å². The molecule has 0 radical (unpaired) electrons. The van der Waals surface area contributed by atoms with E-state index in [1.807, 2.05) is 0 Å². The summed E-state index contributed by atoms with van der Waals surface area (Å²) in [5.74, 6) is -0.791. The first-order chi connectivity index (χ1) is 12.8. The summed E-state index contributed by atoms with van der Waals surface area (Å²) in [6.07, 6.45) is 1.04. The molecule has 0 aliphatic heterocycles. The molecule has 0 aliphatic carbocycles. The van der Waals surface area contributed by atoms with Gasteiger partial charge in [-0.1, -0.05) is 0 Å². The molecule has 2 heterocycles. The Balaban J connectivity index is 2.22. The number of rotatable bonds is 7. The maximum atomic E-state index is 12.3. The topological polar surface area (TPSA) is 175 Å². The van der Waals surface area contributed by atoms with E-state index in [4.69, 9.17) is 9.57 Å². The van der Waals surface area contributed by atoms with Gasteiger partial charge in [0.2, 0.25) is 0 Å². The summed E-state index contributed by atoms with van der Waals surface area (Å²) in [5, 5.41) is 7.93. The number of H-pyrrole nitrogens is 1. The quantitative estimate of drug-likeness (QED) is 0.168. The highest BCUT2D eigenvalue weighted by atomic mass is 32.2. The van der Waals surface area contributed by atoms with E-state index in [2.05, 4.69) is 40.3 Å². The number of anilines is 1. The lowest BCUT2D eigenvalue weighted by molar-refractivity contribution is -0.276. The van der Waals surface area contributed by atoms with Gasteiger partial charge in [0.15, 0.2) is 6.61 Å². The first-order valence-corrected chi connectivity index (χ1v) is 9.16. The number of aromatic nitrogens is 5. The third-order valence-electron chi connectivity index (χ3n) is 2.77. The molecule has 146 valence electrons. The van der Waals surface area contributed by atoms with Crippen LogP contribution < -0.4 is 15.2 Å². The van der Waals surface area contributed by atoms with Gasteiger partial charge < -0.3 is 4.74 Å². The molecule has 27 heavy (non-hydrogen) atoms. The molecule has 2 rings (SSSR count). The van der Waals surface area contributed by atoms with E-state index in [-0.39, 0.29) is 18.5 Å². The van der Waals surface area contributed by atoms with E-state index >= 15 is 0 Å². The number of hydroxylamine groups is 1. The van der Waals surface area contributed by atoms with E-state index in [1.165, 1.54) is 0 Å². The third-order valence-corrected chi connectivity index (χ3v) is 3.95. The molecule has 2 aromatic heterocycles. The number of carbonyl (C=O) groups excluding carboxylic acids is 1. The number of nitrogens with zero attached hydrogens (tertiary/aromatic N) is 4. The predicted molar refractivity (Wildman–Crippen MR) is 90.4 cm³/mol. The summed E-state index contributed by atoms with van der Waals surface area (Å²) >= 11 is 0. The maximum Gasteiger partial charge on any atom is 0.394 e. The number of hydrogen-bond donors (Lipinski definition) is 4. The summed E-state index contributed by atoms with van der Waals surface area (Å²) in [6.45, 7) is 4.88. The zero-order valence-electron chi connectivity index (χ0n) is 14.8. The smallest absolute Gasteiger partial charge is 0.394 e. The van der Waals surface area contributed by atoms with Crippen LogP contribution in [0.5, 0.6) is 0 Å². The van der Waals surface area contributed by atoms with Gasteiger partial charge in [-0.25, -0.2) is 35.0 Å². The molecule has 4 N–H and O–H groups in total. The van der Waals surface area contributed by atoms with Gasteiger partial charge in [0.25, 0.3) is 11.1 Å². The number of carbonyl (C=O) groups is 1. The van der Waals surface area contributed by atoms with E-state index in [1.54, 1.807) is 26.8 Å². The minimum atomic E-state index is -4.11. The first kappa shape index (κ1) is 20.2. The molecule has 0 fully saturated rings. The van der Waals surface area contributed by atoms with Crippen LogP contribution in [-0.2, 0) is 24.4 Å². The second-order valence-electron chi connectivity index (χ2n) is 5.07. The van der Waals surface area contributed by atoms with Crippen molar-refractivity contribution in [2.45, 2.75) is 25.9 Å². The number of hydrogen-bond acceptors (Lipinski definition) is 9. The van der Waals surface area contributed by atoms with Gasteiger partial charge in [-0.2, -0.15) is 17.9 Å². The average Bonchev–Trinajstić information content (AvgIpc) is 3.09. The second-order valence-corrected chi connectivity index (χ2v) is 6.66. The molecule has 0 bridgehead atoms. The van der Waals surface area contributed by atoms with Gasteiger partial charge in [-0.3, -0.25) is 0 Å². The largest absolute Gasteiger partial charge is 0.464 e. The average molecular weight is 399 g/mol. The third kappa shape index (κ3) is 6.27. The number of aryl methyl sites for hydroxylation is 2. The van der Waals surface area contributed by atoms with Crippen LogP contribution in [0.4, 0.5) is 5.95 Å². The van der Waals surface area contributed by atoms with Crippen molar-refractivity contribution < 1.29 is 27.2 Å². The number of sulfonamides is 1.